The third kappa shape index (κ3) is 7.48. The molecule has 22 heavy (non-hydrogen) atoms. The van der Waals surface area contributed by atoms with Gasteiger partial charge in [-0.3, -0.25) is 4.99 Å². The average Bonchev–Trinajstić information content (AvgIpc) is 2.41. The lowest BCUT2D eigenvalue weighted by atomic mass is 9.67. The molecule has 0 radical (unpaired) electrons. The summed E-state index contributed by atoms with van der Waals surface area (Å²) in [4.78, 5) is 4.34. The van der Waals surface area contributed by atoms with Crippen molar-refractivity contribution in [3.63, 3.8) is 0 Å². The molecule has 4 heteroatoms. The van der Waals surface area contributed by atoms with E-state index in [2.05, 4.69) is 36.4 Å². The van der Waals surface area contributed by atoms with Gasteiger partial charge in [-0.2, -0.15) is 0 Å². The molecule has 0 atom stereocenters. The van der Waals surface area contributed by atoms with E-state index in [1.807, 2.05) is 7.05 Å². The molecular weight excluding hydrogens is 274 g/mol. The van der Waals surface area contributed by atoms with Crippen LogP contribution in [-0.2, 0) is 4.74 Å². The maximum Gasteiger partial charge on any atom is 0.190 e. The molecule has 0 aromatic carbocycles. The Bertz CT molecular complexity index is 330. The molecule has 0 aromatic rings. The monoisotopic (exact) mass is 311 g/mol. The van der Waals surface area contributed by atoms with Crippen LogP contribution in [-0.4, -0.2) is 39.8 Å². The Labute approximate surface area is 137 Å². The zero-order valence-electron chi connectivity index (χ0n) is 15.4. The lowest BCUT2D eigenvalue weighted by Gasteiger charge is -2.42. The van der Waals surface area contributed by atoms with Crippen molar-refractivity contribution in [2.75, 3.05) is 33.9 Å². The number of hydrogen-bond acceptors (Lipinski definition) is 2. The summed E-state index contributed by atoms with van der Waals surface area (Å²) in [5.41, 5.74) is 0.873. The fourth-order valence-corrected chi connectivity index (χ4v) is 2.99. The van der Waals surface area contributed by atoms with E-state index in [4.69, 9.17) is 4.74 Å². The van der Waals surface area contributed by atoms with Crippen LogP contribution in [0.4, 0.5) is 0 Å². The molecule has 1 aliphatic carbocycles. The molecule has 0 aliphatic heterocycles. The van der Waals surface area contributed by atoms with Crippen molar-refractivity contribution in [3.05, 3.63) is 0 Å². The Morgan fingerprint density at radius 1 is 1.18 bits per heavy atom. The van der Waals surface area contributed by atoms with Crippen molar-refractivity contribution >= 4 is 5.96 Å². The highest BCUT2D eigenvalue weighted by atomic mass is 16.5. The molecule has 1 fully saturated rings. The third-order valence-electron chi connectivity index (χ3n) is 4.75. The fraction of sp³-hybridized carbons (Fsp3) is 0.944. The molecule has 1 rings (SSSR count). The van der Waals surface area contributed by atoms with Crippen LogP contribution in [0.2, 0.25) is 0 Å². The van der Waals surface area contributed by atoms with Gasteiger partial charge in [-0.15, -0.1) is 0 Å². The Kier molecular flexibility index (Phi) is 8.23. The Morgan fingerprint density at radius 3 is 2.41 bits per heavy atom. The van der Waals surface area contributed by atoms with Gasteiger partial charge in [0.1, 0.15) is 0 Å². The van der Waals surface area contributed by atoms with Crippen molar-refractivity contribution in [1.29, 1.82) is 0 Å². The lowest BCUT2D eigenvalue weighted by molar-refractivity contribution is 0.0732. The molecule has 1 aliphatic rings. The number of unbranched alkanes of at least 4 members (excludes halogenated alkanes) is 1. The van der Waals surface area contributed by atoms with Crippen LogP contribution in [0.25, 0.3) is 0 Å². The van der Waals surface area contributed by atoms with Gasteiger partial charge < -0.3 is 15.4 Å². The van der Waals surface area contributed by atoms with Crippen molar-refractivity contribution in [3.8, 4) is 0 Å². The van der Waals surface area contributed by atoms with Gasteiger partial charge in [0.05, 0.1) is 0 Å². The number of methoxy groups -OCH3 is 1. The van der Waals surface area contributed by atoms with Crippen LogP contribution < -0.4 is 10.6 Å². The summed E-state index contributed by atoms with van der Waals surface area (Å²) in [5, 5.41) is 6.95. The molecular formula is C18H37N3O. The minimum Gasteiger partial charge on any atom is -0.385 e. The van der Waals surface area contributed by atoms with Crippen LogP contribution >= 0.6 is 0 Å². The number of guanidine groups is 1. The standard InChI is InChI=1S/C18H37N3O/c1-17(2,3)9-6-7-13-20-16(19-4)21-15-18(10-8-11-18)12-14-22-5/h6-15H2,1-5H3,(H2,19,20,21). The summed E-state index contributed by atoms with van der Waals surface area (Å²) in [6.45, 7) is 9.79. The van der Waals surface area contributed by atoms with Gasteiger partial charge in [0.15, 0.2) is 5.96 Å². The first-order chi connectivity index (χ1) is 10.4. The topological polar surface area (TPSA) is 45.7 Å². The lowest BCUT2D eigenvalue weighted by Crippen LogP contribution is -2.47. The Hall–Kier alpha value is -0.770. The van der Waals surface area contributed by atoms with E-state index in [0.29, 0.717) is 10.8 Å². The first-order valence-corrected chi connectivity index (χ1v) is 8.84. The van der Waals surface area contributed by atoms with E-state index >= 15 is 0 Å². The van der Waals surface area contributed by atoms with Gasteiger partial charge in [0.2, 0.25) is 0 Å². The first-order valence-electron chi connectivity index (χ1n) is 8.84. The predicted molar refractivity (Wildman–Crippen MR) is 95.4 cm³/mol. The van der Waals surface area contributed by atoms with E-state index in [0.717, 1.165) is 32.1 Å². The minimum atomic E-state index is 0.430. The smallest absolute Gasteiger partial charge is 0.190 e. The number of nitrogens with one attached hydrogen (secondary N) is 2. The van der Waals surface area contributed by atoms with E-state index in [1.165, 1.54) is 38.5 Å². The van der Waals surface area contributed by atoms with Crippen LogP contribution in [0.3, 0.4) is 0 Å². The Balaban J connectivity index is 2.19. The van der Waals surface area contributed by atoms with E-state index in [-0.39, 0.29) is 0 Å². The van der Waals surface area contributed by atoms with Crippen molar-refractivity contribution in [2.45, 2.75) is 65.7 Å². The second-order valence-corrected chi connectivity index (χ2v) is 7.97. The van der Waals surface area contributed by atoms with Crippen molar-refractivity contribution in [2.24, 2.45) is 15.8 Å². The molecule has 4 nitrogen and oxygen atoms in total. The number of ether oxygens (including phenoxy) is 1. The van der Waals surface area contributed by atoms with Crippen LogP contribution in [0.15, 0.2) is 4.99 Å². The molecule has 0 saturated heterocycles. The molecule has 0 heterocycles. The second kappa shape index (κ2) is 9.39. The van der Waals surface area contributed by atoms with Gasteiger partial charge >= 0.3 is 0 Å². The van der Waals surface area contributed by atoms with Crippen molar-refractivity contribution < 1.29 is 4.74 Å². The number of aliphatic imine (C=N–C) groups is 1. The number of rotatable bonds is 9. The average molecular weight is 312 g/mol. The number of hydrogen-bond donors (Lipinski definition) is 2. The molecule has 0 unspecified atom stereocenters. The van der Waals surface area contributed by atoms with Crippen LogP contribution in [0, 0.1) is 10.8 Å². The van der Waals surface area contributed by atoms with E-state index in [1.54, 1.807) is 7.11 Å². The van der Waals surface area contributed by atoms with E-state index < -0.39 is 0 Å². The maximum absolute atomic E-state index is 5.25. The second-order valence-electron chi connectivity index (χ2n) is 7.97. The summed E-state index contributed by atoms with van der Waals surface area (Å²) in [6.07, 6.45) is 8.88. The van der Waals surface area contributed by atoms with Gasteiger partial charge in [0.25, 0.3) is 0 Å². The number of nitrogens with zero attached hydrogens (tertiary/aromatic N) is 1. The van der Waals surface area contributed by atoms with Gasteiger partial charge in [0, 0.05) is 33.9 Å². The highest BCUT2D eigenvalue weighted by Gasteiger charge is 2.36. The van der Waals surface area contributed by atoms with Gasteiger partial charge in [-0.1, -0.05) is 33.6 Å². The quantitative estimate of drug-likeness (QED) is 0.389. The van der Waals surface area contributed by atoms with Gasteiger partial charge in [-0.05, 0) is 42.9 Å². The molecule has 0 spiro atoms. The molecule has 0 amide bonds. The largest absolute Gasteiger partial charge is 0.385 e. The predicted octanol–water partition coefficient (Wildman–Crippen LogP) is 3.57. The Morgan fingerprint density at radius 2 is 1.91 bits per heavy atom. The zero-order chi connectivity index (χ0) is 16.5. The summed E-state index contributed by atoms with van der Waals surface area (Å²) >= 11 is 0. The highest BCUT2D eigenvalue weighted by Crippen LogP contribution is 2.43. The summed E-state index contributed by atoms with van der Waals surface area (Å²) in [7, 11) is 3.64. The minimum absolute atomic E-state index is 0.430. The normalized spacial score (nSPS) is 18.0. The molecule has 0 aromatic heterocycles. The summed E-state index contributed by atoms with van der Waals surface area (Å²) in [5.74, 6) is 0.944. The molecule has 130 valence electrons. The highest BCUT2D eigenvalue weighted by molar-refractivity contribution is 5.79. The summed E-state index contributed by atoms with van der Waals surface area (Å²) < 4.78 is 5.25. The van der Waals surface area contributed by atoms with Crippen molar-refractivity contribution in [1.82, 2.24) is 10.6 Å². The first kappa shape index (κ1) is 19.3. The zero-order valence-corrected chi connectivity index (χ0v) is 15.4. The third-order valence-corrected chi connectivity index (χ3v) is 4.75. The van der Waals surface area contributed by atoms with Gasteiger partial charge in [-0.25, -0.2) is 0 Å². The van der Waals surface area contributed by atoms with Crippen LogP contribution in [0.1, 0.15) is 65.7 Å². The molecule has 2 N–H and O–H groups in total. The summed E-state index contributed by atoms with van der Waals surface area (Å²) in [6, 6.07) is 0. The molecule has 0 bridgehead atoms. The fourth-order valence-electron chi connectivity index (χ4n) is 2.99. The molecule has 1 saturated carbocycles. The maximum atomic E-state index is 5.25. The van der Waals surface area contributed by atoms with E-state index in [9.17, 15) is 0 Å². The SMILES string of the molecule is CN=C(NCCCCC(C)(C)C)NCC1(CCOC)CCC1. The van der Waals surface area contributed by atoms with Crippen LogP contribution in [0.5, 0.6) is 0 Å².